The number of nitriles is 1. The van der Waals surface area contributed by atoms with Gasteiger partial charge in [0.1, 0.15) is 17.0 Å². The Balaban J connectivity index is 2.52. The van der Waals surface area contributed by atoms with Gasteiger partial charge in [0.25, 0.3) is 10.0 Å². The summed E-state index contributed by atoms with van der Waals surface area (Å²) < 4.78 is 27.4. The van der Waals surface area contributed by atoms with E-state index in [1.807, 2.05) is 19.9 Å². The molecule has 0 spiro atoms. The lowest BCUT2D eigenvalue weighted by Crippen LogP contribution is -2.49. The molecule has 146 valence electrons. The van der Waals surface area contributed by atoms with E-state index in [4.69, 9.17) is 0 Å². The highest BCUT2D eigenvalue weighted by atomic mass is 32.2. The molecule has 0 aliphatic carbocycles. The third-order valence-electron chi connectivity index (χ3n) is 4.51. The lowest BCUT2D eigenvalue weighted by atomic mass is 10.1. The summed E-state index contributed by atoms with van der Waals surface area (Å²) in [5, 5.41) is 12.2. The molecule has 1 aliphatic rings. The van der Waals surface area contributed by atoms with E-state index in [1.165, 1.54) is 18.2 Å². The minimum atomic E-state index is -4.33. The predicted molar refractivity (Wildman–Crippen MR) is 100 cm³/mol. The zero-order valence-electron chi connectivity index (χ0n) is 15.6. The van der Waals surface area contributed by atoms with Gasteiger partial charge in [-0.2, -0.15) is 5.26 Å². The van der Waals surface area contributed by atoms with E-state index in [9.17, 15) is 23.3 Å². The first kappa shape index (κ1) is 21.1. The first-order valence-electron chi connectivity index (χ1n) is 9.09. The maximum Gasteiger partial charge on any atom is 0.268 e. The van der Waals surface area contributed by atoms with Crippen LogP contribution in [-0.4, -0.2) is 43.5 Å². The van der Waals surface area contributed by atoms with Crippen molar-refractivity contribution in [2.24, 2.45) is 5.92 Å². The minimum absolute atomic E-state index is 0.0219. The van der Waals surface area contributed by atoms with E-state index in [0.29, 0.717) is 19.4 Å². The van der Waals surface area contributed by atoms with Crippen LogP contribution in [0.2, 0.25) is 0 Å². The van der Waals surface area contributed by atoms with Gasteiger partial charge in [0.2, 0.25) is 5.91 Å². The summed E-state index contributed by atoms with van der Waals surface area (Å²) in [4.78, 5) is 25.2. The van der Waals surface area contributed by atoms with Crippen LogP contribution in [-0.2, 0) is 19.6 Å². The number of benzene rings is 1. The summed E-state index contributed by atoms with van der Waals surface area (Å²) in [5.74, 6) is -0.712. The van der Waals surface area contributed by atoms with Crippen molar-refractivity contribution in [3.05, 3.63) is 29.8 Å². The van der Waals surface area contributed by atoms with Crippen molar-refractivity contribution in [3.8, 4) is 6.07 Å². The average Bonchev–Trinajstić information content (AvgIpc) is 2.84. The number of ketones is 1. The van der Waals surface area contributed by atoms with Gasteiger partial charge in [0, 0.05) is 6.42 Å². The normalized spacial score (nSPS) is 18.0. The van der Waals surface area contributed by atoms with Crippen molar-refractivity contribution < 1.29 is 18.0 Å². The molecule has 1 aromatic rings. The molecule has 1 amide bonds. The molecule has 7 nitrogen and oxygen atoms in total. The molecule has 0 bridgehead atoms. The third kappa shape index (κ3) is 4.93. The van der Waals surface area contributed by atoms with Gasteiger partial charge in [0.05, 0.1) is 12.1 Å². The van der Waals surface area contributed by atoms with Gasteiger partial charge in [-0.25, -0.2) is 12.7 Å². The highest BCUT2D eigenvalue weighted by Gasteiger charge is 2.40. The third-order valence-corrected chi connectivity index (χ3v) is 6.40. The molecule has 1 heterocycles. The molecule has 1 atom stereocenters. The van der Waals surface area contributed by atoms with Gasteiger partial charge in [-0.3, -0.25) is 9.59 Å². The van der Waals surface area contributed by atoms with Crippen LogP contribution < -0.4 is 5.32 Å². The van der Waals surface area contributed by atoms with Crippen molar-refractivity contribution in [1.82, 2.24) is 9.62 Å². The Morgan fingerprint density at radius 1 is 1.37 bits per heavy atom. The van der Waals surface area contributed by atoms with E-state index in [-0.39, 0.29) is 41.5 Å². The number of Topliss-reactive ketones (excluding diaryl/α,β-unsaturated/α-hetero) is 1. The van der Waals surface area contributed by atoms with Gasteiger partial charge >= 0.3 is 0 Å². The summed E-state index contributed by atoms with van der Waals surface area (Å²) in [6.45, 7) is 4.49. The summed E-state index contributed by atoms with van der Waals surface area (Å²) in [7, 11) is -4.33. The number of amides is 1. The van der Waals surface area contributed by atoms with Crippen molar-refractivity contribution in [2.45, 2.75) is 50.5 Å². The first-order valence-corrected chi connectivity index (χ1v) is 10.5. The molecule has 0 radical (unpaired) electrons. The molecular formula is C19H25N3O4S. The second-order valence-electron chi connectivity index (χ2n) is 7.04. The van der Waals surface area contributed by atoms with E-state index < -0.39 is 22.0 Å². The number of hydrogen-bond acceptors (Lipinski definition) is 6. The number of nitrogens with one attached hydrogen (secondary N) is 1. The van der Waals surface area contributed by atoms with Crippen LogP contribution in [0.25, 0.3) is 0 Å². The van der Waals surface area contributed by atoms with Gasteiger partial charge in [-0.15, -0.1) is 0 Å². The first-order chi connectivity index (χ1) is 12.8. The number of nitrogens with zero attached hydrogens (tertiary/aromatic N) is 2. The van der Waals surface area contributed by atoms with E-state index in [0.717, 1.165) is 4.31 Å². The highest BCUT2D eigenvalue weighted by Crippen LogP contribution is 2.26. The van der Waals surface area contributed by atoms with Gasteiger partial charge < -0.3 is 5.32 Å². The molecule has 8 heteroatoms. The molecule has 0 saturated carbocycles. The summed E-state index contributed by atoms with van der Waals surface area (Å²) in [6, 6.07) is 6.56. The Bertz CT molecular complexity index is 843. The van der Waals surface area contributed by atoms with E-state index in [2.05, 4.69) is 5.32 Å². The lowest BCUT2D eigenvalue weighted by Gasteiger charge is -2.30. The number of hydrogen-bond donors (Lipinski definition) is 1. The summed E-state index contributed by atoms with van der Waals surface area (Å²) >= 11 is 0. The Kier molecular flexibility index (Phi) is 7.11. The van der Waals surface area contributed by atoms with Crippen molar-refractivity contribution >= 4 is 21.7 Å². The maximum atomic E-state index is 13.3. The van der Waals surface area contributed by atoms with Gasteiger partial charge in [-0.1, -0.05) is 26.0 Å². The molecule has 0 unspecified atom stereocenters. The molecule has 2 rings (SSSR count). The molecular weight excluding hydrogens is 366 g/mol. The lowest BCUT2D eigenvalue weighted by molar-refractivity contribution is -0.133. The van der Waals surface area contributed by atoms with Gasteiger partial charge in [0.15, 0.2) is 5.78 Å². The minimum Gasteiger partial charge on any atom is -0.310 e. The van der Waals surface area contributed by atoms with Crippen molar-refractivity contribution in [3.63, 3.8) is 0 Å². The Morgan fingerprint density at radius 2 is 2.07 bits per heavy atom. The fraction of sp³-hybridized carbons (Fsp3) is 0.526. The fourth-order valence-electron chi connectivity index (χ4n) is 3.05. The molecule has 1 saturated heterocycles. The Hall–Kier alpha value is -2.24. The fourth-order valence-corrected chi connectivity index (χ4v) is 4.82. The smallest absolute Gasteiger partial charge is 0.268 e. The van der Waals surface area contributed by atoms with Crippen LogP contribution in [0.4, 0.5) is 0 Å². The van der Waals surface area contributed by atoms with Crippen LogP contribution in [0, 0.1) is 17.2 Å². The largest absolute Gasteiger partial charge is 0.310 e. The quantitative estimate of drug-likeness (QED) is 0.793. The molecule has 1 aromatic carbocycles. The van der Waals surface area contributed by atoms with Gasteiger partial charge in [-0.05, 0) is 43.9 Å². The standard InChI is InChI=1S/C19H25N3O4S/c1-14(2)9-10-19(24)22(16-7-5-11-21-13-17(16)23)27(25,26)18-8-4-3-6-15(18)12-20/h3-4,6,8,14,16,21H,5,7,9-11,13H2,1-2H3/t16-/m0/s1. The van der Waals surface area contributed by atoms with Crippen LogP contribution in [0.1, 0.15) is 45.1 Å². The summed E-state index contributed by atoms with van der Waals surface area (Å²) in [6.07, 6.45) is 1.40. The topological polar surface area (TPSA) is 107 Å². The van der Waals surface area contributed by atoms with E-state index >= 15 is 0 Å². The Labute approximate surface area is 160 Å². The molecule has 1 fully saturated rings. The predicted octanol–water partition coefficient (Wildman–Crippen LogP) is 1.83. The monoisotopic (exact) mass is 391 g/mol. The van der Waals surface area contributed by atoms with Crippen LogP contribution in [0.15, 0.2) is 29.2 Å². The average molecular weight is 391 g/mol. The molecule has 0 aromatic heterocycles. The molecule has 1 aliphatic heterocycles. The van der Waals surface area contributed by atoms with Crippen LogP contribution >= 0.6 is 0 Å². The van der Waals surface area contributed by atoms with Crippen molar-refractivity contribution in [2.75, 3.05) is 13.1 Å². The van der Waals surface area contributed by atoms with Crippen molar-refractivity contribution in [1.29, 1.82) is 5.26 Å². The highest BCUT2D eigenvalue weighted by molar-refractivity contribution is 7.89. The SMILES string of the molecule is CC(C)CCC(=O)N([C@H]1CCCNCC1=O)S(=O)(=O)c1ccccc1C#N. The maximum absolute atomic E-state index is 13.3. The molecule has 1 N–H and O–H groups in total. The second-order valence-corrected chi connectivity index (χ2v) is 8.82. The zero-order valence-corrected chi connectivity index (χ0v) is 16.5. The number of carbonyl (C=O) groups is 2. The summed E-state index contributed by atoms with van der Waals surface area (Å²) in [5.41, 5.74) is -0.0432. The molecule has 27 heavy (non-hydrogen) atoms. The van der Waals surface area contributed by atoms with E-state index in [1.54, 1.807) is 6.07 Å². The number of carbonyl (C=O) groups excluding carboxylic acids is 2. The van der Waals surface area contributed by atoms with Crippen LogP contribution in [0.3, 0.4) is 0 Å². The second kappa shape index (κ2) is 9.11. The number of sulfonamides is 1. The number of rotatable bonds is 6. The Morgan fingerprint density at radius 3 is 2.74 bits per heavy atom. The van der Waals surface area contributed by atoms with Crippen LogP contribution in [0.5, 0.6) is 0 Å². The zero-order chi connectivity index (χ0) is 20.0.